The van der Waals surface area contributed by atoms with Gasteiger partial charge in [0.25, 0.3) is 5.91 Å². The van der Waals surface area contributed by atoms with Gasteiger partial charge in [-0.25, -0.2) is 8.42 Å². The monoisotopic (exact) mass is 386 g/mol. The van der Waals surface area contributed by atoms with Crippen LogP contribution < -0.4 is 9.47 Å². The second-order valence-corrected chi connectivity index (χ2v) is 9.21. The third-order valence-electron chi connectivity index (χ3n) is 5.00. The Kier molecular flexibility index (Phi) is 4.29. The second kappa shape index (κ2) is 6.34. The van der Waals surface area contributed by atoms with Crippen LogP contribution in [-0.2, 0) is 9.84 Å². The second-order valence-electron chi connectivity index (χ2n) is 6.58. The predicted octanol–water partition coefficient (Wildman–Crippen LogP) is 1.01. The first-order chi connectivity index (χ1) is 11.9. The maximum absolute atomic E-state index is 12.7. The molecule has 1 aromatic carbocycles. The highest BCUT2D eigenvalue weighted by Gasteiger charge is 2.34. The molecule has 0 N–H and O–H groups in total. The average molecular weight is 387 g/mol. The number of hydrogen-bond donors (Lipinski definition) is 0. The SMILES string of the molecule is O=C(c1cc(Cl)c2c(c1)OCO2)N1CCN([C@@H]2CCS(=O)(=O)C2)CC1. The van der Waals surface area contributed by atoms with E-state index in [1.807, 2.05) is 0 Å². The molecule has 3 aliphatic rings. The van der Waals surface area contributed by atoms with Crippen molar-refractivity contribution in [1.29, 1.82) is 0 Å². The lowest BCUT2D eigenvalue weighted by atomic mass is 10.1. The molecule has 4 rings (SSSR count). The van der Waals surface area contributed by atoms with Crippen LogP contribution in [0.25, 0.3) is 0 Å². The number of fused-ring (bicyclic) bond motifs is 1. The maximum Gasteiger partial charge on any atom is 0.254 e. The van der Waals surface area contributed by atoms with E-state index in [2.05, 4.69) is 4.90 Å². The van der Waals surface area contributed by atoms with Crippen LogP contribution in [0.15, 0.2) is 12.1 Å². The van der Waals surface area contributed by atoms with E-state index in [-0.39, 0.29) is 30.2 Å². The summed E-state index contributed by atoms with van der Waals surface area (Å²) in [6.45, 7) is 2.62. The van der Waals surface area contributed by atoms with Gasteiger partial charge in [0.05, 0.1) is 16.5 Å². The topological polar surface area (TPSA) is 76.2 Å². The number of ether oxygens (including phenoxy) is 2. The molecule has 0 saturated carbocycles. The number of carbonyl (C=O) groups excluding carboxylic acids is 1. The van der Waals surface area contributed by atoms with Crippen LogP contribution in [0.4, 0.5) is 0 Å². The molecule has 7 nitrogen and oxygen atoms in total. The number of benzene rings is 1. The van der Waals surface area contributed by atoms with E-state index in [0.717, 1.165) is 0 Å². The molecule has 2 saturated heterocycles. The van der Waals surface area contributed by atoms with E-state index in [1.165, 1.54) is 0 Å². The van der Waals surface area contributed by atoms with E-state index >= 15 is 0 Å². The van der Waals surface area contributed by atoms with Gasteiger partial charge in [0.15, 0.2) is 21.3 Å². The standard InChI is InChI=1S/C16H19ClN2O5S/c17-13-7-11(8-14-15(13)24-10-23-14)16(20)19-4-2-18(3-5-19)12-1-6-25(21,22)9-12/h7-8,12H,1-6,9-10H2/t12-/m1/s1. The van der Waals surface area contributed by atoms with Crippen molar-refractivity contribution < 1.29 is 22.7 Å². The largest absolute Gasteiger partial charge is 0.454 e. The van der Waals surface area contributed by atoms with Crippen LogP contribution in [0.1, 0.15) is 16.8 Å². The van der Waals surface area contributed by atoms with Gasteiger partial charge in [0.1, 0.15) is 0 Å². The Hall–Kier alpha value is -1.51. The van der Waals surface area contributed by atoms with Gasteiger partial charge in [-0.3, -0.25) is 9.69 Å². The highest BCUT2D eigenvalue weighted by Crippen LogP contribution is 2.40. The molecule has 3 heterocycles. The number of sulfone groups is 1. The van der Waals surface area contributed by atoms with Gasteiger partial charge in [-0.15, -0.1) is 0 Å². The van der Waals surface area contributed by atoms with Crippen molar-refractivity contribution in [2.24, 2.45) is 0 Å². The lowest BCUT2D eigenvalue weighted by molar-refractivity contribution is 0.0587. The fourth-order valence-electron chi connectivity index (χ4n) is 3.63. The van der Waals surface area contributed by atoms with E-state index in [0.29, 0.717) is 54.7 Å². The van der Waals surface area contributed by atoms with Gasteiger partial charge >= 0.3 is 0 Å². The summed E-state index contributed by atoms with van der Waals surface area (Å²) in [5, 5.41) is 0.369. The van der Waals surface area contributed by atoms with Crippen LogP contribution in [0.2, 0.25) is 5.02 Å². The first-order valence-electron chi connectivity index (χ1n) is 8.26. The first-order valence-corrected chi connectivity index (χ1v) is 10.5. The number of halogens is 1. The summed E-state index contributed by atoms with van der Waals surface area (Å²) in [4.78, 5) is 16.7. The molecule has 0 unspecified atom stereocenters. The highest BCUT2D eigenvalue weighted by atomic mass is 35.5. The Morgan fingerprint density at radius 2 is 1.92 bits per heavy atom. The van der Waals surface area contributed by atoms with Crippen LogP contribution in [-0.4, -0.2) is 74.6 Å². The normalized spacial score (nSPS) is 25.3. The Bertz CT molecular complexity index is 805. The molecule has 2 fully saturated rings. The van der Waals surface area contributed by atoms with Gasteiger partial charge in [-0.1, -0.05) is 11.6 Å². The quantitative estimate of drug-likeness (QED) is 0.755. The summed E-state index contributed by atoms with van der Waals surface area (Å²) in [6.07, 6.45) is 0.689. The zero-order chi connectivity index (χ0) is 17.6. The Labute approximate surface area is 151 Å². The number of piperazine rings is 1. The van der Waals surface area contributed by atoms with Crippen molar-refractivity contribution in [3.8, 4) is 11.5 Å². The third kappa shape index (κ3) is 3.30. The molecular weight excluding hydrogens is 368 g/mol. The zero-order valence-electron chi connectivity index (χ0n) is 13.6. The molecule has 136 valence electrons. The number of carbonyl (C=O) groups is 1. The summed E-state index contributed by atoms with van der Waals surface area (Å²) in [5.74, 6) is 1.38. The van der Waals surface area contributed by atoms with E-state index in [4.69, 9.17) is 21.1 Å². The molecule has 0 bridgehead atoms. The fourth-order valence-corrected chi connectivity index (χ4v) is 5.65. The van der Waals surface area contributed by atoms with E-state index in [9.17, 15) is 13.2 Å². The maximum atomic E-state index is 12.7. The summed E-state index contributed by atoms with van der Waals surface area (Å²) >= 11 is 6.15. The van der Waals surface area contributed by atoms with Gasteiger partial charge in [0.2, 0.25) is 6.79 Å². The minimum absolute atomic E-state index is 0.0854. The molecule has 1 atom stereocenters. The molecule has 0 spiro atoms. The van der Waals surface area contributed by atoms with Crippen molar-refractivity contribution in [2.45, 2.75) is 12.5 Å². The summed E-state index contributed by atoms with van der Waals surface area (Å²) < 4.78 is 33.9. The van der Waals surface area contributed by atoms with Crippen LogP contribution in [0, 0.1) is 0 Å². The number of amides is 1. The van der Waals surface area contributed by atoms with Crippen LogP contribution >= 0.6 is 11.6 Å². The minimum Gasteiger partial charge on any atom is -0.454 e. The van der Waals surface area contributed by atoms with Crippen molar-refractivity contribution in [1.82, 2.24) is 9.80 Å². The van der Waals surface area contributed by atoms with E-state index in [1.54, 1.807) is 17.0 Å². The Morgan fingerprint density at radius 1 is 1.16 bits per heavy atom. The zero-order valence-corrected chi connectivity index (χ0v) is 15.2. The van der Waals surface area contributed by atoms with Gasteiger partial charge in [-0.2, -0.15) is 0 Å². The molecule has 0 aliphatic carbocycles. The third-order valence-corrected chi connectivity index (χ3v) is 7.03. The molecule has 0 radical (unpaired) electrons. The number of rotatable bonds is 2. The molecular formula is C16H19ClN2O5S. The number of hydrogen-bond acceptors (Lipinski definition) is 6. The fraction of sp³-hybridized carbons (Fsp3) is 0.562. The van der Waals surface area contributed by atoms with Crippen molar-refractivity contribution in [3.63, 3.8) is 0 Å². The lowest BCUT2D eigenvalue weighted by Gasteiger charge is -2.37. The number of nitrogens with zero attached hydrogens (tertiary/aromatic N) is 2. The van der Waals surface area contributed by atoms with Crippen molar-refractivity contribution in [3.05, 3.63) is 22.7 Å². The van der Waals surface area contributed by atoms with Gasteiger partial charge < -0.3 is 14.4 Å². The minimum atomic E-state index is -2.89. The Morgan fingerprint density at radius 3 is 2.60 bits per heavy atom. The van der Waals surface area contributed by atoms with Crippen LogP contribution in [0.5, 0.6) is 11.5 Å². The lowest BCUT2D eigenvalue weighted by Crippen LogP contribution is -2.52. The smallest absolute Gasteiger partial charge is 0.254 e. The molecule has 0 aromatic heterocycles. The van der Waals surface area contributed by atoms with Crippen LogP contribution in [0.3, 0.4) is 0 Å². The molecule has 1 amide bonds. The van der Waals surface area contributed by atoms with Crippen molar-refractivity contribution in [2.75, 3.05) is 44.5 Å². The van der Waals surface area contributed by atoms with Gasteiger partial charge in [-0.05, 0) is 18.6 Å². The summed E-state index contributed by atoms with van der Waals surface area (Å²) in [6, 6.07) is 3.35. The average Bonchev–Trinajstić information content (AvgIpc) is 3.20. The predicted molar refractivity (Wildman–Crippen MR) is 92.1 cm³/mol. The molecule has 1 aromatic rings. The van der Waals surface area contributed by atoms with E-state index < -0.39 is 9.84 Å². The van der Waals surface area contributed by atoms with Gasteiger partial charge in [0, 0.05) is 37.8 Å². The molecule has 9 heteroatoms. The first kappa shape index (κ1) is 16.9. The molecule has 25 heavy (non-hydrogen) atoms. The Balaban J connectivity index is 1.41. The summed E-state index contributed by atoms with van der Waals surface area (Å²) in [5.41, 5.74) is 0.478. The molecule has 3 aliphatic heterocycles. The van der Waals surface area contributed by atoms with Crippen molar-refractivity contribution >= 4 is 27.3 Å². The summed E-state index contributed by atoms with van der Waals surface area (Å²) in [7, 11) is -2.89. The highest BCUT2D eigenvalue weighted by molar-refractivity contribution is 7.91.